The lowest BCUT2D eigenvalue weighted by molar-refractivity contribution is -0.644. The summed E-state index contributed by atoms with van der Waals surface area (Å²) in [6.07, 6.45) is 0.127. The first-order valence-electron chi connectivity index (χ1n) is 6.70. The molecular weight excluding hydrogens is 250 g/mol. The van der Waals surface area contributed by atoms with Crippen LogP contribution in [0.5, 0.6) is 0 Å². The molecular formula is C17H16NO2+. The minimum Gasteiger partial charge on any atom is -0.481 e. The number of aryl methyl sites for hydroxylation is 2. The van der Waals surface area contributed by atoms with Crippen LogP contribution in [-0.2, 0) is 11.3 Å². The minimum atomic E-state index is -0.772. The molecule has 3 nitrogen and oxygen atoms in total. The molecule has 3 rings (SSSR count). The van der Waals surface area contributed by atoms with E-state index in [1.165, 1.54) is 16.3 Å². The molecule has 0 saturated carbocycles. The Morgan fingerprint density at radius 2 is 1.50 bits per heavy atom. The number of aliphatic carboxylic acids is 1. The molecule has 0 radical (unpaired) electrons. The van der Waals surface area contributed by atoms with E-state index < -0.39 is 5.97 Å². The smallest absolute Gasteiger partial charge is 0.309 e. The second kappa shape index (κ2) is 4.93. The highest BCUT2D eigenvalue weighted by molar-refractivity contribution is 5.93. The van der Waals surface area contributed by atoms with Gasteiger partial charge < -0.3 is 5.11 Å². The van der Waals surface area contributed by atoms with Gasteiger partial charge in [-0.3, -0.25) is 4.79 Å². The Morgan fingerprint density at radius 3 is 2.00 bits per heavy atom. The first-order chi connectivity index (χ1) is 9.68. The van der Waals surface area contributed by atoms with Crippen molar-refractivity contribution in [2.45, 2.75) is 19.9 Å². The predicted molar refractivity (Wildman–Crippen MR) is 78.6 cm³/mol. The van der Waals surface area contributed by atoms with E-state index in [0.29, 0.717) is 6.54 Å². The lowest BCUT2D eigenvalue weighted by atomic mass is 10.0. The number of fused-ring (bicyclic) bond motifs is 2. The van der Waals surface area contributed by atoms with Gasteiger partial charge in [0.2, 0.25) is 11.0 Å². The molecule has 3 heteroatoms. The van der Waals surface area contributed by atoms with E-state index in [0.717, 1.165) is 11.0 Å². The molecule has 0 spiro atoms. The summed E-state index contributed by atoms with van der Waals surface area (Å²) in [5.74, 6) is -0.772. The molecule has 2 aromatic carbocycles. The minimum absolute atomic E-state index is 0.127. The number of hydrogen-bond donors (Lipinski definition) is 1. The number of pyridine rings is 1. The lowest BCUT2D eigenvalue weighted by Gasteiger charge is -2.08. The van der Waals surface area contributed by atoms with Crippen molar-refractivity contribution in [2.24, 2.45) is 0 Å². The molecule has 1 aromatic heterocycles. The third-order valence-corrected chi connectivity index (χ3v) is 3.75. The molecule has 100 valence electrons. The molecule has 0 aliphatic carbocycles. The summed E-state index contributed by atoms with van der Waals surface area (Å²) in [6, 6.07) is 16.3. The normalized spacial score (nSPS) is 11.1. The van der Waals surface area contributed by atoms with Crippen LogP contribution in [-0.4, -0.2) is 11.1 Å². The Kier molecular flexibility index (Phi) is 3.11. The highest BCUT2D eigenvalue weighted by atomic mass is 16.4. The first kappa shape index (κ1) is 12.6. The average Bonchev–Trinajstić information content (AvgIpc) is 2.47. The van der Waals surface area contributed by atoms with Gasteiger partial charge in [-0.1, -0.05) is 24.3 Å². The zero-order valence-electron chi connectivity index (χ0n) is 11.3. The van der Waals surface area contributed by atoms with Crippen molar-refractivity contribution in [3.05, 3.63) is 54.1 Å². The van der Waals surface area contributed by atoms with Gasteiger partial charge >= 0.3 is 5.97 Å². The van der Waals surface area contributed by atoms with E-state index in [-0.39, 0.29) is 6.42 Å². The third kappa shape index (κ3) is 2.01. The molecule has 1 N–H and O–H groups in total. The summed E-state index contributed by atoms with van der Waals surface area (Å²) in [5, 5.41) is 11.3. The maximum absolute atomic E-state index is 10.9. The Balaban J connectivity index is 2.37. The number of para-hydroxylation sites is 2. The number of hydrogen-bond acceptors (Lipinski definition) is 1. The van der Waals surface area contributed by atoms with Crippen LogP contribution in [0.1, 0.15) is 12.0 Å². The second-order valence-electron chi connectivity index (χ2n) is 4.95. The van der Waals surface area contributed by atoms with Crippen molar-refractivity contribution in [1.29, 1.82) is 0 Å². The molecule has 0 aliphatic rings. The molecule has 0 atom stereocenters. The van der Waals surface area contributed by atoms with Gasteiger partial charge in [-0.05, 0) is 24.6 Å². The van der Waals surface area contributed by atoms with E-state index >= 15 is 0 Å². The van der Waals surface area contributed by atoms with Crippen LogP contribution in [0.2, 0.25) is 0 Å². The topological polar surface area (TPSA) is 41.2 Å². The lowest BCUT2D eigenvalue weighted by Crippen LogP contribution is -2.37. The number of aromatic nitrogens is 1. The summed E-state index contributed by atoms with van der Waals surface area (Å²) in [4.78, 5) is 10.9. The van der Waals surface area contributed by atoms with Crippen LogP contribution >= 0.6 is 0 Å². The SMILES string of the molecule is Cc1c2ccccc2[n+](CCC(=O)O)c2ccccc12. The summed E-state index contributed by atoms with van der Waals surface area (Å²) in [7, 11) is 0. The van der Waals surface area contributed by atoms with Crippen molar-refractivity contribution in [3.63, 3.8) is 0 Å². The molecule has 1 heterocycles. The monoisotopic (exact) mass is 266 g/mol. The largest absolute Gasteiger partial charge is 0.481 e. The van der Waals surface area contributed by atoms with Crippen LogP contribution in [0, 0.1) is 6.92 Å². The summed E-state index contributed by atoms with van der Waals surface area (Å²) in [5.41, 5.74) is 3.41. The van der Waals surface area contributed by atoms with E-state index in [4.69, 9.17) is 5.11 Å². The van der Waals surface area contributed by atoms with Gasteiger partial charge in [0.25, 0.3) is 0 Å². The average molecular weight is 266 g/mol. The van der Waals surface area contributed by atoms with Gasteiger partial charge in [-0.25, -0.2) is 0 Å². The fourth-order valence-corrected chi connectivity index (χ4v) is 2.78. The van der Waals surface area contributed by atoms with Gasteiger partial charge in [0.15, 0.2) is 6.54 Å². The molecule has 3 aromatic rings. The van der Waals surface area contributed by atoms with E-state index in [9.17, 15) is 4.79 Å². The van der Waals surface area contributed by atoms with Gasteiger partial charge in [0, 0.05) is 22.9 Å². The van der Waals surface area contributed by atoms with Crippen molar-refractivity contribution >= 4 is 27.8 Å². The Morgan fingerprint density at radius 1 is 1.00 bits per heavy atom. The highest BCUT2D eigenvalue weighted by Crippen LogP contribution is 2.23. The van der Waals surface area contributed by atoms with Crippen LogP contribution in [0.15, 0.2) is 48.5 Å². The highest BCUT2D eigenvalue weighted by Gasteiger charge is 2.18. The van der Waals surface area contributed by atoms with Gasteiger partial charge in [-0.15, -0.1) is 0 Å². The first-order valence-corrected chi connectivity index (χ1v) is 6.70. The fraction of sp³-hybridized carbons (Fsp3) is 0.176. The van der Waals surface area contributed by atoms with Crippen LogP contribution in [0.3, 0.4) is 0 Å². The van der Waals surface area contributed by atoms with Crippen LogP contribution in [0.4, 0.5) is 0 Å². The number of carboxylic acid groups (broad SMARTS) is 1. The van der Waals surface area contributed by atoms with E-state index in [1.807, 2.05) is 24.3 Å². The molecule has 0 unspecified atom stereocenters. The third-order valence-electron chi connectivity index (χ3n) is 3.75. The van der Waals surface area contributed by atoms with Gasteiger partial charge in [0.1, 0.15) is 6.42 Å². The number of carboxylic acids is 1. The maximum Gasteiger partial charge on any atom is 0.309 e. The van der Waals surface area contributed by atoms with E-state index in [1.54, 1.807) is 0 Å². The van der Waals surface area contributed by atoms with Crippen molar-refractivity contribution < 1.29 is 14.5 Å². The van der Waals surface area contributed by atoms with Crippen LogP contribution < -0.4 is 4.57 Å². The molecule has 0 amide bonds. The van der Waals surface area contributed by atoms with E-state index in [2.05, 4.69) is 35.8 Å². The molecule has 0 bridgehead atoms. The number of rotatable bonds is 3. The Hall–Kier alpha value is -2.42. The van der Waals surface area contributed by atoms with Crippen LogP contribution in [0.25, 0.3) is 21.8 Å². The molecule has 0 saturated heterocycles. The zero-order valence-corrected chi connectivity index (χ0v) is 11.3. The number of benzene rings is 2. The number of carbonyl (C=O) groups is 1. The second-order valence-corrected chi connectivity index (χ2v) is 4.95. The zero-order chi connectivity index (χ0) is 14.1. The standard InChI is InChI=1S/C17H15NO2/c1-12-13-6-2-4-8-15(13)18(11-10-17(19)20)16-9-5-3-7-14(12)16/h2-9H,10-11H2,1H3/p+1. The van der Waals surface area contributed by atoms with Crippen molar-refractivity contribution in [1.82, 2.24) is 0 Å². The molecule has 0 fully saturated rings. The number of nitrogens with zero attached hydrogens (tertiary/aromatic N) is 1. The molecule has 20 heavy (non-hydrogen) atoms. The summed E-state index contributed by atoms with van der Waals surface area (Å²) in [6.45, 7) is 2.60. The quantitative estimate of drug-likeness (QED) is 0.584. The van der Waals surface area contributed by atoms with Gasteiger partial charge in [0.05, 0.1) is 0 Å². The fourth-order valence-electron chi connectivity index (χ4n) is 2.78. The van der Waals surface area contributed by atoms with Crippen molar-refractivity contribution in [2.75, 3.05) is 0 Å². The maximum atomic E-state index is 10.9. The predicted octanol–water partition coefficient (Wildman–Crippen LogP) is 3.06. The molecule has 0 aliphatic heterocycles. The Labute approximate surface area is 117 Å². The van der Waals surface area contributed by atoms with Crippen molar-refractivity contribution in [3.8, 4) is 0 Å². The van der Waals surface area contributed by atoms with Gasteiger partial charge in [-0.2, -0.15) is 4.57 Å². The summed E-state index contributed by atoms with van der Waals surface area (Å²) < 4.78 is 2.10. The Bertz CT molecular complexity index is 752. The summed E-state index contributed by atoms with van der Waals surface area (Å²) >= 11 is 0.